The van der Waals surface area contributed by atoms with Gasteiger partial charge in [0.2, 0.25) is 5.91 Å². The van der Waals surface area contributed by atoms with Crippen molar-refractivity contribution in [1.29, 1.82) is 0 Å². The third-order valence-electron chi connectivity index (χ3n) is 4.97. The summed E-state index contributed by atoms with van der Waals surface area (Å²) < 4.78 is 32.5. The second-order valence-electron chi connectivity index (χ2n) is 7.03. The fourth-order valence-corrected chi connectivity index (χ4v) is 4.53. The Morgan fingerprint density at radius 3 is 2.24 bits per heavy atom. The molecule has 1 atom stereocenters. The standard InChI is InChI=1S/C23H22ClN3O5S/c1-27(16-8-10-17(32-2)11-9-16)33(30,31)18-12-13-20(24)19(14-18)23(29)26-21(22(25)28)15-6-4-3-5-7-15/h3-14,21H,1-2H3,(H2,25,28)(H,26,29). The number of nitrogens with zero attached hydrogens (tertiary/aromatic N) is 1. The monoisotopic (exact) mass is 487 g/mol. The van der Waals surface area contributed by atoms with Crippen LogP contribution in [0.5, 0.6) is 5.75 Å². The molecule has 172 valence electrons. The summed E-state index contributed by atoms with van der Waals surface area (Å²) in [6.45, 7) is 0. The van der Waals surface area contributed by atoms with Crippen LogP contribution in [-0.4, -0.2) is 34.4 Å². The topological polar surface area (TPSA) is 119 Å². The molecule has 3 aromatic carbocycles. The average molecular weight is 488 g/mol. The van der Waals surface area contributed by atoms with Crippen LogP contribution in [0.3, 0.4) is 0 Å². The zero-order chi connectivity index (χ0) is 24.2. The third kappa shape index (κ3) is 5.27. The van der Waals surface area contributed by atoms with Crippen molar-refractivity contribution in [2.75, 3.05) is 18.5 Å². The molecule has 33 heavy (non-hydrogen) atoms. The molecular weight excluding hydrogens is 466 g/mol. The molecule has 0 aliphatic heterocycles. The van der Waals surface area contributed by atoms with E-state index in [1.165, 1.54) is 26.3 Å². The van der Waals surface area contributed by atoms with E-state index in [4.69, 9.17) is 22.1 Å². The lowest BCUT2D eigenvalue weighted by Gasteiger charge is -2.21. The van der Waals surface area contributed by atoms with Crippen LogP contribution in [0.25, 0.3) is 0 Å². The molecule has 3 N–H and O–H groups in total. The fraction of sp³-hybridized carbons (Fsp3) is 0.130. The highest BCUT2D eigenvalue weighted by atomic mass is 35.5. The number of hydrogen-bond donors (Lipinski definition) is 2. The summed E-state index contributed by atoms with van der Waals surface area (Å²) in [6.07, 6.45) is 0. The Balaban J connectivity index is 1.91. The summed E-state index contributed by atoms with van der Waals surface area (Å²) >= 11 is 6.18. The second-order valence-corrected chi connectivity index (χ2v) is 9.41. The number of carbonyl (C=O) groups is 2. The molecule has 0 saturated carbocycles. The van der Waals surface area contributed by atoms with Crippen molar-refractivity contribution in [1.82, 2.24) is 5.32 Å². The SMILES string of the molecule is COc1ccc(N(C)S(=O)(=O)c2ccc(Cl)c(C(=O)NC(C(N)=O)c3ccccc3)c2)cc1. The van der Waals surface area contributed by atoms with Crippen molar-refractivity contribution in [2.24, 2.45) is 5.73 Å². The average Bonchev–Trinajstić information content (AvgIpc) is 2.82. The Hall–Kier alpha value is -3.56. The summed E-state index contributed by atoms with van der Waals surface area (Å²) in [5.74, 6) is -0.928. The maximum Gasteiger partial charge on any atom is 0.264 e. The number of halogens is 1. The Labute approximate surface area is 197 Å². The number of benzene rings is 3. The Bertz CT molecular complexity index is 1270. The van der Waals surface area contributed by atoms with Gasteiger partial charge < -0.3 is 15.8 Å². The van der Waals surface area contributed by atoms with Gasteiger partial charge in [0.05, 0.1) is 28.3 Å². The molecule has 0 fully saturated rings. The first kappa shape index (κ1) is 24.1. The number of sulfonamides is 1. The van der Waals surface area contributed by atoms with Gasteiger partial charge in [0.15, 0.2) is 0 Å². The third-order valence-corrected chi connectivity index (χ3v) is 7.08. The van der Waals surface area contributed by atoms with Crippen molar-refractivity contribution < 1.29 is 22.7 Å². The number of methoxy groups -OCH3 is 1. The van der Waals surface area contributed by atoms with Gasteiger partial charge in [-0.25, -0.2) is 8.42 Å². The molecule has 0 spiro atoms. The van der Waals surface area contributed by atoms with E-state index in [2.05, 4.69) is 5.32 Å². The van der Waals surface area contributed by atoms with Crippen LogP contribution in [0, 0.1) is 0 Å². The highest BCUT2D eigenvalue weighted by Gasteiger charge is 2.26. The number of nitrogens with one attached hydrogen (secondary N) is 1. The zero-order valence-corrected chi connectivity index (χ0v) is 19.4. The molecule has 0 aliphatic rings. The van der Waals surface area contributed by atoms with Crippen molar-refractivity contribution in [3.8, 4) is 5.75 Å². The first-order valence-electron chi connectivity index (χ1n) is 9.73. The minimum absolute atomic E-state index is 0.0230. The molecule has 0 bridgehead atoms. The van der Waals surface area contributed by atoms with E-state index in [1.807, 2.05) is 0 Å². The van der Waals surface area contributed by atoms with Gasteiger partial charge in [-0.2, -0.15) is 0 Å². The van der Waals surface area contributed by atoms with E-state index in [0.717, 1.165) is 10.4 Å². The van der Waals surface area contributed by atoms with Crippen LogP contribution in [0.4, 0.5) is 5.69 Å². The molecule has 1 unspecified atom stereocenters. The Morgan fingerprint density at radius 2 is 1.67 bits per heavy atom. The normalized spacial score (nSPS) is 12.0. The summed E-state index contributed by atoms with van der Waals surface area (Å²) in [4.78, 5) is 24.7. The van der Waals surface area contributed by atoms with Crippen molar-refractivity contribution in [2.45, 2.75) is 10.9 Å². The van der Waals surface area contributed by atoms with Crippen LogP contribution in [0.2, 0.25) is 5.02 Å². The van der Waals surface area contributed by atoms with E-state index < -0.39 is 27.9 Å². The van der Waals surface area contributed by atoms with Gasteiger partial charge in [-0.1, -0.05) is 41.9 Å². The first-order chi connectivity index (χ1) is 15.6. The number of carbonyl (C=O) groups excluding carboxylic acids is 2. The molecule has 8 nitrogen and oxygen atoms in total. The lowest BCUT2D eigenvalue weighted by molar-refractivity contribution is -0.120. The van der Waals surface area contributed by atoms with E-state index in [0.29, 0.717) is 17.0 Å². The number of anilines is 1. The molecule has 0 saturated heterocycles. The summed E-state index contributed by atoms with van der Waals surface area (Å²) in [6, 6.07) is 17.6. The summed E-state index contributed by atoms with van der Waals surface area (Å²) in [7, 11) is -1.12. The molecule has 3 aromatic rings. The molecular formula is C23H22ClN3O5S. The van der Waals surface area contributed by atoms with Gasteiger partial charge in [0.25, 0.3) is 15.9 Å². The van der Waals surface area contributed by atoms with Gasteiger partial charge >= 0.3 is 0 Å². The van der Waals surface area contributed by atoms with Crippen molar-refractivity contribution in [3.63, 3.8) is 0 Å². The Morgan fingerprint density at radius 1 is 1.03 bits per heavy atom. The smallest absolute Gasteiger partial charge is 0.264 e. The van der Waals surface area contributed by atoms with Gasteiger partial charge in [0, 0.05) is 7.05 Å². The molecule has 3 rings (SSSR count). The van der Waals surface area contributed by atoms with Crippen LogP contribution < -0.4 is 20.1 Å². The molecule has 2 amide bonds. The van der Waals surface area contributed by atoms with Gasteiger partial charge in [0.1, 0.15) is 11.8 Å². The fourth-order valence-electron chi connectivity index (χ4n) is 3.10. The maximum atomic E-state index is 13.2. The molecule has 10 heteroatoms. The van der Waals surface area contributed by atoms with Crippen LogP contribution in [-0.2, 0) is 14.8 Å². The van der Waals surface area contributed by atoms with Crippen molar-refractivity contribution in [3.05, 3.63) is 88.9 Å². The van der Waals surface area contributed by atoms with Gasteiger partial charge in [-0.05, 0) is 48.0 Å². The number of amides is 2. The highest BCUT2D eigenvalue weighted by Crippen LogP contribution is 2.27. The second kappa shape index (κ2) is 9.93. The number of ether oxygens (including phenoxy) is 1. The Kier molecular flexibility index (Phi) is 7.25. The summed E-state index contributed by atoms with van der Waals surface area (Å²) in [5, 5.41) is 2.54. The van der Waals surface area contributed by atoms with Gasteiger partial charge in [-0.15, -0.1) is 0 Å². The molecule has 0 aliphatic carbocycles. The lowest BCUT2D eigenvalue weighted by Crippen LogP contribution is -2.37. The van der Waals surface area contributed by atoms with E-state index in [1.54, 1.807) is 54.6 Å². The molecule has 0 radical (unpaired) electrons. The van der Waals surface area contributed by atoms with Crippen LogP contribution in [0.1, 0.15) is 22.0 Å². The highest BCUT2D eigenvalue weighted by molar-refractivity contribution is 7.92. The van der Waals surface area contributed by atoms with Crippen LogP contribution >= 0.6 is 11.6 Å². The first-order valence-corrected chi connectivity index (χ1v) is 11.5. The largest absolute Gasteiger partial charge is 0.497 e. The van der Waals surface area contributed by atoms with E-state index >= 15 is 0 Å². The van der Waals surface area contributed by atoms with Crippen LogP contribution in [0.15, 0.2) is 77.7 Å². The minimum atomic E-state index is -4.02. The number of primary amides is 1. The number of rotatable bonds is 8. The van der Waals surface area contributed by atoms with Crippen molar-refractivity contribution >= 4 is 39.1 Å². The maximum absolute atomic E-state index is 13.2. The predicted molar refractivity (Wildman–Crippen MR) is 126 cm³/mol. The summed E-state index contributed by atoms with van der Waals surface area (Å²) in [5.41, 5.74) is 6.23. The van der Waals surface area contributed by atoms with E-state index in [-0.39, 0.29) is 15.5 Å². The quantitative estimate of drug-likeness (QED) is 0.506. The van der Waals surface area contributed by atoms with Gasteiger partial charge in [-0.3, -0.25) is 13.9 Å². The minimum Gasteiger partial charge on any atom is -0.497 e. The zero-order valence-electron chi connectivity index (χ0n) is 17.9. The predicted octanol–water partition coefficient (Wildman–Crippen LogP) is 3.13. The molecule has 0 aromatic heterocycles. The number of nitrogens with two attached hydrogens (primary N) is 1. The molecule has 0 heterocycles. The number of hydrogen-bond acceptors (Lipinski definition) is 5. The van der Waals surface area contributed by atoms with E-state index in [9.17, 15) is 18.0 Å². The lowest BCUT2D eigenvalue weighted by atomic mass is 10.1.